The van der Waals surface area contributed by atoms with Crippen molar-refractivity contribution in [2.75, 3.05) is 0 Å². The summed E-state index contributed by atoms with van der Waals surface area (Å²) in [6.07, 6.45) is 0.592. The molecule has 0 unspecified atom stereocenters. The van der Waals surface area contributed by atoms with Gasteiger partial charge in [0.2, 0.25) is 0 Å². The van der Waals surface area contributed by atoms with Gasteiger partial charge in [-0.25, -0.2) is 8.78 Å². The van der Waals surface area contributed by atoms with E-state index in [-0.39, 0.29) is 11.1 Å². The Morgan fingerprint density at radius 2 is 1.82 bits per heavy atom. The summed E-state index contributed by atoms with van der Waals surface area (Å²) in [6.45, 7) is 6.83. The molecule has 0 aliphatic carbocycles. The van der Waals surface area contributed by atoms with Crippen LogP contribution >= 0.6 is 0 Å². The third kappa shape index (κ3) is 3.77. The van der Waals surface area contributed by atoms with E-state index in [0.29, 0.717) is 6.42 Å². The zero-order valence-corrected chi connectivity index (χ0v) is 10.9. The fraction of sp³-hybridized carbons (Fsp3) is 0.571. The molecule has 0 heterocycles. The second-order valence-electron chi connectivity index (χ2n) is 5.64. The van der Waals surface area contributed by atoms with Gasteiger partial charge >= 0.3 is 0 Å². The summed E-state index contributed by atoms with van der Waals surface area (Å²) >= 11 is 0. The fourth-order valence-corrected chi connectivity index (χ4v) is 1.75. The topological polar surface area (TPSA) is 26.0 Å². The first-order chi connectivity index (χ1) is 7.63. The van der Waals surface area contributed by atoms with Gasteiger partial charge in [0.05, 0.1) is 0 Å². The highest BCUT2D eigenvalue weighted by atomic mass is 19.3. The van der Waals surface area contributed by atoms with Crippen molar-refractivity contribution in [2.45, 2.75) is 45.6 Å². The van der Waals surface area contributed by atoms with Crippen LogP contribution in [0.3, 0.4) is 0 Å². The molecular weight excluding hydrogens is 220 g/mol. The van der Waals surface area contributed by atoms with Gasteiger partial charge in [-0.05, 0) is 31.9 Å². The second kappa shape index (κ2) is 4.73. The first kappa shape index (κ1) is 14.1. The highest BCUT2D eigenvalue weighted by Gasteiger charge is 2.35. The maximum Gasteiger partial charge on any atom is 0.275 e. The standard InChI is InChI=1S/C14H21F2N/c1-10(2)14(15,16)12-7-5-6-11(8-12)9-13(3,4)17/h5-8,10H,9,17H2,1-4H3. The molecule has 96 valence electrons. The van der Waals surface area contributed by atoms with Crippen molar-refractivity contribution in [3.05, 3.63) is 35.4 Å². The highest BCUT2D eigenvalue weighted by molar-refractivity contribution is 5.28. The van der Waals surface area contributed by atoms with Gasteiger partial charge in [-0.2, -0.15) is 0 Å². The molecule has 0 fully saturated rings. The minimum absolute atomic E-state index is 0.0780. The first-order valence-electron chi connectivity index (χ1n) is 5.89. The molecule has 17 heavy (non-hydrogen) atoms. The van der Waals surface area contributed by atoms with Gasteiger partial charge in [0, 0.05) is 17.0 Å². The fourth-order valence-electron chi connectivity index (χ4n) is 1.75. The number of rotatable bonds is 4. The van der Waals surface area contributed by atoms with Crippen LogP contribution in [0.1, 0.15) is 38.8 Å². The summed E-state index contributed by atoms with van der Waals surface area (Å²) in [7, 11) is 0. The van der Waals surface area contributed by atoms with Gasteiger partial charge in [-0.1, -0.05) is 32.0 Å². The van der Waals surface area contributed by atoms with Crippen molar-refractivity contribution < 1.29 is 8.78 Å². The van der Waals surface area contributed by atoms with E-state index < -0.39 is 11.8 Å². The molecule has 3 heteroatoms. The van der Waals surface area contributed by atoms with Crippen LogP contribution in [0.25, 0.3) is 0 Å². The van der Waals surface area contributed by atoms with Gasteiger partial charge < -0.3 is 5.73 Å². The summed E-state index contributed by atoms with van der Waals surface area (Å²) in [4.78, 5) is 0. The largest absolute Gasteiger partial charge is 0.325 e. The summed E-state index contributed by atoms with van der Waals surface area (Å²) in [5.74, 6) is -3.49. The van der Waals surface area contributed by atoms with Crippen molar-refractivity contribution in [2.24, 2.45) is 11.7 Å². The molecule has 0 spiro atoms. The van der Waals surface area contributed by atoms with Gasteiger partial charge in [0.25, 0.3) is 5.92 Å². The number of halogens is 2. The predicted octanol–water partition coefficient (Wildman–Crippen LogP) is 3.71. The third-order valence-electron chi connectivity index (χ3n) is 2.70. The number of alkyl halides is 2. The average Bonchev–Trinajstić information content (AvgIpc) is 2.15. The quantitative estimate of drug-likeness (QED) is 0.854. The molecule has 0 amide bonds. The first-order valence-corrected chi connectivity index (χ1v) is 5.89. The van der Waals surface area contributed by atoms with Crippen LogP contribution in [0.15, 0.2) is 24.3 Å². The van der Waals surface area contributed by atoms with E-state index in [1.165, 1.54) is 19.9 Å². The molecule has 1 aromatic rings. The molecule has 2 N–H and O–H groups in total. The molecule has 0 radical (unpaired) electrons. The molecular formula is C14H21F2N. The summed E-state index contributed by atoms with van der Waals surface area (Å²) in [5.41, 5.74) is 6.45. The molecule has 0 saturated carbocycles. The molecule has 0 aromatic heterocycles. The van der Waals surface area contributed by atoms with Crippen LogP contribution in [0.5, 0.6) is 0 Å². The SMILES string of the molecule is CC(C)C(F)(F)c1cccc(CC(C)(C)N)c1. The third-order valence-corrected chi connectivity index (χ3v) is 2.70. The molecule has 1 nitrogen and oxygen atoms in total. The van der Waals surface area contributed by atoms with E-state index in [2.05, 4.69) is 0 Å². The highest BCUT2D eigenvalue weighted by Crippen LogP contribution is 2.36. The van der Waals surface area contributed by atoms with Gasteiger partial charge in [0.1, 0.15) is 0 Å². The predicted molar refractivity (Wildman–Crippen MR) is 67.1 cm³/mol. The number of hydrogen-bond donors (Lipinski definition) is 1. The van der Waals surface area contributed by atoms with Gasteiger partial charge in [-0.3, -0.25) is 0 Å². The van der Waals surface area contributed by atoms with Crippen molar-refractivity contribution in [3.63, 3.8) is 0 Å². The zero-order valence-electron chi connectivity index (χ0n) is 10.9. The lowest BCUT2D eigenvalue weighted by molar-refractivity contribution is -0.0514. The minimum Gasteiger partial charge on any atom is -0.325 e. The normalized spacial score (nSPS) is 13.2. The van der Waals surface area contributed by atoms with Gasteiger partial charge in [-0.15, -0.1) is 0 Å². The van der Waals surface area contributed by atoms with Crippen molar-refractivity contribution in [1.29, 1.82) is 0 Å². The van der Waals surface area contributed by atoms with Crippen LogP contribution in [0, 0.1) is 5.92 Å². The van der Waals surface area contributed by atoms with E-state index >= 15 is 0 Å². The molecule has 0 bridgehead atoms. The Morgan fingerprint density at radius 3 is 2.29 bits per heavy atom. The Morgan fingerprint density at radius 1 is 1.24 bits per heavy atom. The lowest BCUT2D eigenvalue weighted by atomic mass is 9.92. The Bertz CT molecular complexity index is 378. The number of nitrogens with two attached hydrogens (primary N) is 1. The van der Waals surface area contributed by atoms with Crippen LogP contribution in [-0.2, 0) is 12.3 Å². The molecule has 1 rings (SSSR count). The summed E-state index contributed by atoms with van der Waals surface area (Å²) in [6, 6.07) is 6.56. The molecule has 0 atom stereocenters. The van der Waals surface area contributed by atoms with E-state index in [4.69, 9.17) is 5.73 Å². The smallest absolute Gasteiger partial charge is 0.275 e. The Labute approximate surface area is 102 Å². The Hall–Kier alpha value is -0.960. The number of benzene rings is 1. The van der Waals surface area contributed by atoms with Crippen LogP contribution in [0.4, 0.5) is 8.78 Å². The Balaban J connectivity index is 3.02. The summed E-state index contributed by atoms with van der Waals surface area (Å²) in [5, 5.41) is 0. The average molecular weight is 241 g/mol. The molecule has 0 aliphatic heterocycles. The van der Waals surface area contributed by atoms with Crippen molar-refractivity contribution >= 4 is 0 Å². The number of hydrogen-bond acceptors (Lipinski definition) is 1. The van der Waals surface area contributed by atoms with Crippen molar-refractivity contribution in [3.8, 4) is 0 Å². The van der Waals surface area contributed by atoms with E-state index in [9.17, 15) is 8.78 Å². The van der Waals surface area contributed by atoms with Crippen molar-refractivity contribution in [1.82, 2.24) is 0 Å². The summed E-state index contributed by atoms with van der Waals surface area (Å²) < 4.78 is 27.7. The zero-order chi connectivity index (χ0) is 13.3. The maximum atomic E-state index is 13.9. The second-order valence-corrected chi connectivity index (χ2v) is 5.64. The van der Waals surface area contributed by atoms with Crippen LogP contribution < -0.4 is 5.73 Å². The van der Waals surface area contributed by atoms with Gasteiger partial charge in [0.15, 0.2) is 0 Å². The molecule has 1 aromatic carbocycles. The van der Waals surface area contributed by atoms with Crippen LogP contribution in [-0.4, -0.2) is 5.54 Å². The molecule has 0 saturated heterocycles. The van der Waals surface area contributed by atoms with Crippen LogP contribution in [0.2, 0.25) is 0 Å². The monoisotopic (exact) mass is 241 g/mol. The maximum absolute atomic E-state index is 13.9. The lowest BCUT2D eigenvalue weighted by Gasteiger charge is -2.23. The lowest BCUT2D eigenvalue weighted by Crippen LogP contribution is -2.34. The van der Waals surface area contributed by atoms with E-state index in [1.54, 1.807) is 12.1 Å². The molecule has 0 aliphatic rings. The Kier molecular flexibility index (Phi) is 3.92. The van der Waals surface area contributed by atoms with E-state index in [1.807, 2.05) is 19.9 Å². The minimum atomic E-state index is -2.78. The van der Waals surface area contributed by atoms with E-state index in [0.717, 1.165) is 5.56 Å².